The maximum absolute atomic E-state index is 13.4. The summed E-state index contributed by atoms with van der Waals surface area (Å²) in [5.74, 6) is -0.607. The molecule has 0 spiro atoms. The normalized spacial score (nSPS) is 11.7. The van der Waals surface area contributed by atoms with Crippen LogP contribution in [0.2, 0.25) is 0 Å². The molecule has 0 saturated carbocycles. The van der Waals surface area contributed by atoms with E-state index in [1.807, 2.05) is 6.07 Å². The first kappa shape index (κ1) is 16.1. The number of benzene rings is 2. The third kappa shape index (κ3) is 4.63. The van der Waals surface area contributed by atoms with Gasteiger partial charge in [-0.3, -0.25) is 4.79 Å². The van der Waals surface area contributed by atoms with E-state index in [4.69, 9.17) is 0 Å². The van der Waals surface area contributed by atoms with Crippen molar-refractivity contribution in [3.05, 3.63) is 76.0 Å². The van der Waals surface area contributed by atoms with Crippen molar-refractivity contribution in [2.24, 2.45) is 5.10 Å². The van der Waals surface area contributed by atoms with Gasteiger partial charge in [0.05, 0.1) is 5.71 Å². The van der Waals surface area contributed by atoms with Gasteiger partial charge in [0, 0.05) is 15.6 Å². The van der Waals surface area contributed by atoms with Crippen LogP contribution in [-0.2, 0) is 0 Å². The fourth-order valence-corrected chi connectivity index (χ4v) is 2.09. The van der Waals surface area contributed by atoms with Crippen LogP contribution in [0.5, 0.6) is 0 Å². The Morgan fingerprint density at radius 2 is 2.00 bits per heavy atom. The number of hydrogen-bond acceptors (Lipinski definition) is 2. The third-order valence-corrected chi connectivity index (χ3v) is 3.32. The van der Waals surface area contributed by atoms with Gasteiger partial charge in [-0.15, -0.1) is 0 Å². The molecule has 0 atom stereocenters. The van der Waals surface area contributed by atoms with Crippen LogP contribution < -0.4 is 5.43 Å². The van der Waals surface area contributed by atoms with Gasteiger partial charge in [0.25, 0.3) is 5.91 Å². The highest BCUT2D eigenvalue weighted by Gasteiger charge is 2.04. The van der Waals surface area contributed by atoms with Crippen molar-refractivity contribution in [2.75, 3.05) is 0 Å². The average Bonchev–Trinajstić information content (AvgIpc) is 2.52. The van der Waals surface area contributed by atoms with Crippen molar-refractivity contribution < 1.29 is 9.18 Å². The van der Waals surface area contributed by atoms with E-state index in [-0.39, 0.29) is 11.7 Å². The van der Waals surface area contributed by atoms with E-state index in [0.29, 0.717) is 16.8 Å². The zero-order valence-corrected chi connectivity index (χ0v) is 13.5. The first-order chi connectivity index (χ1) is 10.6. The summed E-state index contributed by atoms with van der Waals surface area (Å²) in [6.45, 7) is 1.72. The Balaban J connectivity index is 2.01. The lowest BCUT2D eigenvalue weighted by atomic mass is 10.2. The molecule has 5 heteroatoms. The number of carbonyl (C=O) groups is 1. The first-order valence-electron chi connectivity index (χ1n) is 6.59. The number of halogens is 2. The second-order valence-corrected chi connectivity index (χ2v) is 5.47. The summed E-state index contributed by atoms with van der Waals surface area (Å²) in [6.07, 6.45) is 3.25. The van der Waals surface area contributed by atoms with Gasteiger partial charge in [-0.25, -0.2) is 9.82 Å². The molecule has 0 aliphatic carbocycles. The minimum atomic E-state index is -0.306. The lowest BCUT2D eigenvalue weighted by molar-refractivity contribution is 0.0955. The van der Waals surface area contributed by atoms with Gasteiger partial charge in [0.2, 0.25) is 0 Å². The first-order valence-corrected chi connectivity index (χ1v) is 7.38. The molecule has 2 aromatic carbocycles. The highest BCUT2D eigenvalue weighted by molar-refractivity contribution is 9.10. The SMILES string of the molecule is CC(/C=C/c1ccccc1F)=NNC(=O)c1cccc(Br)c1. The number of hydrazone groups is 1. The molecule has 2 aromatic rings. The molecule has 0 saturated heterocycles. The Hall–Kier alpha value is -2.27. The van der Waals surface area contributed by atoms with Crippen LogP contribution in [0.15, 0.2) is 64.2 Å². The largest absolute Gasteiger partial charge is 0.271 e. The molecule has 1 N–H and O–H groups in total. The van der Waals surface area contributed by atoms with Gasteiger partial charge in [-0.2, -0.15) is 5.10 Å². The summed E-state index contributed by atoms with van der Waals surface area (Å²) in [7, 11) is 0. The van der Waals surface area contributed by atoms with Crippen LogP contribution >= 0.6 is 15.9 Å². The van der Waals surface area contributed by atoms with Crippen LogP contribution in [0.3, 0.4) is 0 Å². The van der Waals surface area contributed by atoms with Crippen LogP contribution in [0, 0.1) is 5.82 Å². The molecule has 22 heavy (non-hydrogen) atoms. The Bertz CT molecular complexity index is 741. The molecule has 0 bridgehead atoms. The number of nitrogens with one attached hydrogen (secondary N) is 1. The molecule has 2 rings (SSSR count). The summed E-state index contributed by atoms with van der Waals surface area (Å²) in [4.78, 5) is 11.9. The van der Waals surface area contributed by atoms with Crippen LogP contribution in [-0.4, -0.2) is 11.6 Å². The number of nitrogens with zero attached hydrogens (tertiary/aromatic N) is 1. The average molecular weight is 361 g/mol. The molecule has 0 aliphatic heterocycles. The molecule has 0 radical (unpaired) electrons. The molecular weight excluding hydrogens is 347 g/mol. The van der Waals surface area contributed by atoms with Gasteiger partial charge in [0.1, 0.15) is 5.82 Å². The third-order valence-electron chi connectivity index (χ3n) is 2.83. The summed E-state index contributed by atoms with van der Waals surface area (Å²) in [5, 5.41) is 3.97. The van der Waals surface area contributed by atoms with Crippen LogP contribution in [0.25, 0.3) is 6.08 Å². The fourth-order valence-electron chi connectivity index (χ4n) is 1.69. The van der Waals surface area contributed by atoms with Gasteiger partial charge < -0.3 is 0 Å². The van der Waals surface area contributed by atoms with Crippen molar-refractivity contribution in [3.8, 4) is 0 Å². The predicted molar refractivity (Wildman–Crippen MR) is 90.2 cm³/mol. The number of carbonyl (C=O) groups excluding carboxylic acids is 1. The van der Waals surface area contributed by atoms with Crippen molar-refractivity contribution in [1.82, 2.24) is 5.43 Å². The van der Waals surface area contributed by atoms with Crippen molar-refractivity contribution >= 4 is 33.6 Å². The Kier molecular flexibility index (Phi) is 5.61. The second-order valence-electron chi connectivity index (χ2n) is 4.56. The molecule has 0 unspecified atom stereocenters. The van der Waals surface area contributed by atoms with E-state index in [1.165, 1.54) is 6.07 Å². The van der Waals surface area contributed by atoms with E-state index in [0.717, 1.165) is 4.47 Å². The van der Waals surface area contributed by atoms with Crippen molar-refractivity contribution in [1.29, 1.82) is 0 Å². The smallest absolute Gasteiger partial charge is 0.267 e. The monoisotopic (exact) mass is 360 g/mol. The number of hydrogen-bond donors (Lipinski definition) is 1. The lowest BCUT2D eigenvalue weighted by Gasteiger charge is -2.01. The van der Waals surface area contributed by atoms with E-state index in [9.17, 15) is 9.18 Å². The fraction of sp³-hybridized carbons (Fsp3) is 0.0588. The summed E-state index contributed by atoms with van der Waals surface area (Å²) >= 11 is 3.31. The van der Waals surface area contributed by atoms with Crippen LogP contribution in [0.1, 0.15) is 22.8 Å². The topological polar surface area (TPSA) is 41.5 Å². The maximum Gasteiger partial charge on any atom is 0.271 e. The molecule has 0 aromatic heterocycles. The Labute approximate surface area is 136 Å². The predicted octanol–water partition coefficient (Wildman–Crippen LogP) is 4.41. The second kappa shape index (κ2) is 7.66. The van der Waals surface area contributed by atoms with Gasteiger partial charge >= 0.3 is 0 Å². The number of amides is 1. The maximum atomic E-state index is 13.4. The zero-order chi connectivity index (χ0) is 15.9. The quantitative estimate of drug-likeness (QED) is 0.636. The molecule has 112 valence electrons. The van der Waals surface area contributed by atoms with Crippen molar-refractivity contribution in [2.45, 2.75) is 6.92 Å². The van der Waals surface area contributed by atoms with Crippen molar-refractivity contribution in [3.63, 3.8) is 0 Å². The Morgan fingerprint density at radius 3 is 2.73 bits per heavy atom. The highest BCUT2D eigenvalue weighted by Crippen LogP contribution is 2.11. The molecular formula is C17H14BrFN2O. The molecule has 1 amide bonds. The van der Waals surface area contributed by atoms with E-state index in [1.54, 1.807) is 55.5 Å². The van der Waals surface area contributed by atoms with Gasteiger partial charge in [-0.1, -0.05) is 46.3 Å². The zero-order valence-electron chi connectivity index (χ0n) is 11.9. The highest BCUT2D eigenvalue weighted by atomic mass is 79.9. The standard InChI is InChI=1S/C17H14BrFN2O/c1-12(9-10-13-5-2-3-8-16(13)19)20-21-17(22)14-6-4-7-15(18)11-14/h2-11H,1H3,(H,21,22)/b10-9+,20-12?. The van der Waals surface area contributed by atoms with E-state index in [2.05, 4.69) is 26.5 Å². The van der Waals surface area contributed by atoms with Gasteiger partial charge in [-0.05, 0) is 37.3 Å². The van der Waals surface area contributed by atoms with E-state index >= 15 is 0 Å². The van der Waals surface area contributed by atoms with E-state index < -0.39 is 0 Å². The van der Waals surface area contributed by atoms with Crippen LogP contribution in [0.4, 0.5) is 4.39 Å². The summed E-state index contributed by atoms with van der Waals surface area (Å²) < 4.78 is 14.3. The molecule has 0 heterocycles. The molecule has 0 aliphatic rings. The molecule has 0 fully saturated rings. The van der Waals surface area contributed by atoms with Gasteiger partial charge in [0.15, 0.2) is 0 Å². The minimum absolute atomic E-state index is 0.301. The number of allylic oxidation sites excluding steroid dienone is 1. The Morgan fingerprint density at radius 1 is 1.23 bits per heavy atom. The summed E-state index contributed by atoms with van der Waals surface area (Å²) in [6, 6.07) is 13.4. The molecule has 3 nitrogen and oxygen atoms in total. The summed E-state index contributed by atoms with van der Waals surface area (Å²) in [5.41, 5.74) is 3.99. The lowest BCUT2D eigenvalue weighted by Crippen LogP contribution is -2.18. The number of rotatable bonds is 4. The minimum Gasteiger partial charge on any atom is -0.267 e.